The molecule has 8 heteroatoms. The van der Waals surface area contributed by atoms with Crippen molar-refractivity contribution in [3.8, 4) is 6.07 Å². The number of anilines is 2. The third kappa shape index (κ3) is 3.46. The quantitative estimate of drug-likeness (QED) is 0.740. The number of nitriles is 1. The molecular formula is C14H15N7O. The van der Waals surface area contributed by atoms with Gasteiger partial charge in [-0.15, -0.1) is 10.2 Å². The van der Waals surface area contributed by atoms with Crippen molar-refractivity contribution < 1.29 is 4.79 Å². The number of hydrogen-bond acceptors (Lipinski definition) is 6. The Morgan fingerprint density at radius 3 is 2.77 bits per heavy atom. The normalized spacial score (nSPS) is 10.9. The summed E-state index contributed by atoms with van der Waals surface area (Å²) in [6.07, 6.45) is 1.48. The number of tetrazole rings is 1. The van der Waals surface area contributed by atoms with Gasteiger partial charge in [-0.25, -0.2) is 0 Å². The Bertz CT molecular complexity index is 756. The predicted octanol–water partition coefficient (Wildman–Crippen LogP) is 1.75. The highest BCUT2D eigenvalue weighted by molar-refractivity contribution is 5.94. The number of carbonyl (C=O) groups excluding carboxylic acids is 1. The van der Waals surface area contributed by atoms with Gasteiger partial charge in [0.15, 0.2) is 0 Å². The van der Waals surface area contributed by atoms with Crippen molar-refractivity contribution in [1.82, 2.24) is 20.6 Å². The van der Waals surface area contributed by atoms with Gasteiger partial charge in [-0.05, 0) is 36.3 Å². The monoisotopic (exact) mass is 297 g/mol. The molecule has 1 aromatic heterocycles. The summed E-state index contributed by atoms with van der Waals surface area (Å²) in [6, 6.07) is 5.83. The number of nitrogens with zero attached hydrogens (tertiary/aromatic N) is 4. The first-order chi connectivity index (χ1) is 10.5. The molecule has 22 heavy (non-hydrogen) atoms. The minimum atomic E-state index is -0.169. The fraction of sp³-hybridized carbons (Fsp3) is 0.214. The summed E-state index contributed by atoms with van der Waals surface area (Å²) in [6.45, 7) is 5.29. The van der Waals surface area contributed by atoms with Crippen LogP contribution in [-0.4, -0.2) is 26.5 Å². The van der Waals surface area contributed by atoms with E-state index >= 15 is 0 Å². The lowest BCUT2D eigenvalue weighted by atomic mass is 10.1. The van der Waals surface area contributed by atoms with E-state index < -0.39 is 0 Å². The van der Waals surface area contributed by atoms with Crippen molar-refractivity contribution in [2.24, 2.45) is 0 Å². The average molecular weight is 297 g/mol. The number of rotatable bonds is 4. The van der Waals surface area contributed by atoms with E-state index in [1.165, 1.54) is 13.1 Å². The maximum absolute atomic E-state index is 11.3. The Balaban J connectivity index is 2.36. The molecule has 0 saturated carbocycles. The number of aromatic amines is 1. The van der Waals surface area contributed by atoms with Crippen LogP contribution in [0.15, 0.2) is 18.3 Å². The molecule has 0 aliphatic rings. The molecule has 0 bridgehead atoms. The van der Waals surface area contributed by atoms with Gasteiger partial charge in [-0.3, -0.25) is 4.79 Å². The molecule has 112 valence electrons. The van der Waals surface area contributed by atoms with Crippen molar-refractivity contribution in [2.75, 3.05) is 10.6 Å². The Morgan fingerprint density at radius 1 is 1.41 bits per heavy atom. The molecule has 0 fully saturated rings. The summed E-state index contributed by atoms with van der Waals surface area (Å²) in [5.74, 6) is 0.0260. The fourth-order valence-corrected chi connectivity index (χ4v) is 2.00. The van der Waals surface area contributed by atoms with Crippen molar-refractivity contribution >= 4 is 22.9 Å². The number of H-pyrrole nitrogens is 1. The fourth-order valence-electron chi connectivity index (χ4n) is 2.00. The molecule has 0 aliphatic carbocycles. The maximum atomic E-state index is 11.3. The Morgan fingerprint density at radius 2 is 2.18 bits per heavy atom. The van der Waals surface area contributed by atoms with Crippen LogP contribution in [0.2, 0.25) is 0 Å². The van der Waals surface area contributed by atoms with Crippen LogP contribution in [0, 0.1) is 25.2 Å². The Hall–Kier alpha value is -3.21. The number of hydrogen-bond donors (Lipinski definition) is 3. The number of aryl methyl sites for hydroxylation is 2. The van der Waals surface area contributed by atoms with Gasteiger partial charge in [0.25, 0.3) is 0 Å². The van der Waals surface area contributed by atoms with E-state index in [0.29, 0.717) is 11.4 Å². The lowest BCUT2D eigenvalue weighted by Gasteiger charge is -2.14. The zero-order chi connectivity index (χ0) is 16.1. The minimum absolute atomic E-state index is 0.169. The van der Waals surface area contributed by atoms with Crippen molar-refractivity contribution in [1.29, 1.82) is 5.26 Å². The van der Waals surface area contributed by atoms with Gasteiger partial charge < -0.3 is 10.6 Å². The third-order valence-corrected chi connectivity index (χ3v) is 2.86. The van der Waals surface area contributed by atoms with E-state index in [0.717, 1.165) is 11.1 Å². The van der Waals surface area contributed by atoms with E-state index in [1.54, 1.807) is 0 Å². The van der Waals surface area contributed by atoms with Crippen LogP contribution in [0.25, 0.3) is 5.57 Å². The molecule has 8 nitrogen and oxygen atoms in total. The van der Waals surface area contributed by atoms with E-state index in [2.05, 4.69) is 31.3 Å². The predicted molar refractivity (Wildman–Crippen MR) is 81.6 cm³/mol. The van der Waals surface area contributed by atoms with Gasteiger partial charge in [0, 0.05) is 13.1 Å². The molecule has 1 heterocycles. The SMILES string of the molecule is CC(=O)Nc1c(C)cc(C)cc1NC=C(C#N)c1nn[nH]n1. The molecule has 0 unspecified atom stereocenters. The lowest BCUT2D eigenvalue weighted by molar-refractivity contribution is -0.114. The summed E-state index contributed by atoms with van der Waals surface area (Å²) < 4.78 is 0. The maximum Gasteiger partial charge on any atom is 0.221 e. The third-order valence-electron chi connectivity index (χ3n) is 2.86. The first-order valence-electron chi connectivity index (χ1n) is 6.50. The number of nitrogens with one attached hydrogen (secondary N) is 3. The zero-order valence-corrected chi connectivity index (χ0v) is 12.4. The second kappa shape index (κ2) is 6.49. The highest BCUT2D eigenvalue weighted by Crippen LogP contribution is 2.28. The summed E-state index contributed by atoms with van der Waals surface area (Å²) in [7, 11) is 0. The molecule has 2 rings (SSSR count). The summed E-state index contributed by atoms with van der Waals surface area (Å²) >= 11 is 0. The highest BCUT2D eigenvalue weighted by atomic mass is 16.1. The van der Waals surface area contributed by atoms with E-state index in [-0.39, 0.29) is 17.3 Å². The number of aromatic nitrogens is 4. The standard InChI is InChI=1S/C14H15N7O/c1-8-4-9(2)13(17-10(3)22)12(5-8)16-7-11(6-15)14-18-20-21-19-14/h4-5,7,16H,1-3H3,(H,17,22)(H,18,19,20,21). The smallest absolute Gasteiger partial charge is 0.221 e. The first kappa shape index (κ1) is 15.2. The molecule has 0 atom stereocenters. The average Bonchev–Trinajstić information content (AvgIpc) is 2.97. The molecule has 3 N–H and O–H groups in total. The van der Waals surface area contributed by atoms with Gasteiger partial charge in [0.05, 0.1) is 11.4 Å². The molecule has 1 aromatic carbocycles. The van der Waals surface area contributed by atoms with Crippen molar-refractivity contribution in [2.45, 2.75) is 20.8 Å². The van der Waals surface area contributed by atoms with Gasteiger partial charge in [0.1, 0.15) is 11.6 Å². The van der Waals surface area contributed by atoms with Gasteiger partial charge >= 0.3 is 0 Å². The minimum Gasteiger partial charge on any atom is -0.359 e. The Labute approximate surface area is 127 Å². The van der Waals surface area contributed by atoms with Crippen LogP contribution >= 0.6 is 0 Å². The molecule has 0 aliphatic heterocycles. The summed E-state index contributed by atoms with van der Waals surface area (Å²) in [4.78, 5) is 11.3. The topological polar surface area (TPSA) is 119 Å². The van der Waals surface area contributed by atoms with Crippen LogP contribution in [0.4, 0.5) is 11.4 Å². The van der Waals surface area contributed by atoms with Crippen molar-refractivity contribution in [3.63, 3.8) is 0 Å². The van der Waals surface area contributed by atoms with Crippen LogP contribution in [0.1, 0.15) is 23.9 Å². The molecular weight excluding hydrogens is 282 g/mol. The molecule has 0 spiro atoms. The van der Waals surface area contributed by atoms with E-state index in [9.17, 15) is 4.79 Å². The number of allylic oxidation sites excluding steroid dienone is 1. The van der Waals surface area contributed by atoms with Crippen LogP contribution < -0.4 is 10.6 Å². The first-order valence-corrected chi connectivity index (χ1v) is 6.50. The van der Waals surface area contributed by atoms with Crippen LogP contribution in [0.5, 0.6) is 0 Å². The second-order valence-corrected chi connectivity index (χ2v) is 4.74. The Kier molecular flexibility index (Phi) is 4.48. The van der Waals surface area contributed by atoms with E-state index in [1.807, 2.05) is 32.0 Å². The van der Waals surface area contributed by atoms with Crippen molar-refractivity contribution in [3.05, 3.63) is 35.3 Å². The number of benzene rings is 1. The number of carbonyl (C=O) groups is 1. The molecule has 2 aromatic rings. The van der Waals surface area contributed by atoms with Crippen LogP contribution in [0.3, 0.4) is 0 Å². The molecule has 0 radical (unpaired) electrons. The largest absolute Gasteiger partial charge is 0.359 e. The second-order valence-electron chi connectivity index (χ2n) is 4.74. The molecule has 1 amide bonds. The summed E-state index contributed by atoms with van der Waals surface area (Å²) in [5.41, 5.74) is 3.52. The lowest BCUT2D eigenvalue weighted by Crippen LogP contribution is -2.10. The van der Waals surface area contributed by atoms with Gasteiger partial charge in [-0.1, -0.05) is 6.07 Å². The van der Waals surface area contributed by atoms with E-state index in [4.69, 9.17) is 5.26 Å². The summed E-state index contributed by atoms with van der Waals surface area (Å²) in [5, 5.41) is 28.2. The van der Waals surface area contributed by atoms with Gasteiger partial charge in [0.2, 0.25) is 11.7 Å². The van der Waals surface area contributed by atoms with Crippen LogP contribution in [-0.2, 0) is 4.79 Å². The highest BCUT2D eigenvalue weighted by Gasteiger charge is 2.10. The zero-order valence-electron chi connectivity index (χ0n) is 12.4. The molecule has 0 saturated heterocycles. The number of amides is 1. The van der Waals surface area contributed by atoms with Gasteiger partial charge in [-0.2, -0.15) is 10.5 Å².